The van der Waals surface area contributed by atoms with Crippen molar-refractivity contribution in [1.29, 1.82) is 0 Å². The molecule has 2 aromatic carbocycles. The first-order chi connectivity index (χ1) is 9.42. The normalized spacial score (nSPS) is 13.3. The smallest absolute Gasteiger partial charge is 0.148 e. The minimum absolute atomic E-state index is 0.641. The lowest BCUT2D eigenvalue weighted by molar-refractivity contribution is 0.122. The number of aryl methyl sites for hydroxylation is 2. The molecule has 20 heavy (non-hydrogen) atoms. The lowest BCUT2D eigenvalue weighted by Crippen LogP contribution is -2.17. The zero-order valence-electron chi connectivity index (χ0n) is 12.0. The van der Waals surface area contributed by atoms with Gasteiger partial charge in [-0.3, -0.25) is 0 Å². The average molecular weight is 266 g/mol. The molecule has 0 heterocycles. The highest BCUT2D eigenvalue weighted by Gasteiger charge is 2.20. The number of hydrogen-bond donors (Lipinski definition) is 1. The molecule has 0 saturated heterocycles. The fourth-order valence-electron chi connectivity index (χ4n) is 1.89. The molecule has 1 N–H and O–H groups in total. The number of aliphatic hydroxyl groups is 1. The van der Waals surface area contributed by atoms with Gasteiger partial charge in [0.05, 0.1) is 0 Å². The number of terminal acetylenes is 1. The van der Waals surface area contributed by atoms with Crippen LogP contribution in [0, 0.1) is 26.2 Å². The van der Waals surface area contributed by atoms with Gasteiger partial charge in [0.15, 0.2) is 0 Å². The minimum Gasteiger partial charge on any atom is -0.457 e. The Hall–Kier alpha value is -2.24. The fraction of sp³-hybridized carbons (Fsp3) is 0.222. The summed E-state index contributed by atoms with van der Waals surface area (Å²) >= 11 is 0. The van der Waals surface area contributed by atoms with E-state index in [2.05, 4.69) is 5.92 Å². The van der Waals surface area contributed by atoms with Gasteiger partial charge in [0, 0.05) is 0 Å². The predicted octanol–water partition coefficient (Wildman–Crippen LogP) is 3.94. The van der Waals surface area contributed by atoms with Crippen molar-refractivity contribution in [3.8, 4) is 23.8 Å². The summed E-state index contributed by atoms with van der Waals surface area (Å²) in [7, 11) is 0. The largest absolute Gasteiger partial charge is 0.457 e. The van der Waals surface area contributed by atoms with Crippen molar-refractivity contribution in [2.75, 3.05) is 0 Å². The third-order valence-electron chi connectivity index (χ3n) is 3.25. The molecule has 2 nitrogen and oxygen atoms in total. The topological polar surface area (TPSA) is 29.5 Å². The molecular weight excluding hydrogens is 248 g/mol. The van der Waals surface area contributed by atoms with E-state index in [0.717, 1.165) is 16.9 Å². The molecule has 0 fully saturated rings. The highest BCUT2D eigenvalue weighted by atomic mass is 16.5. The van der Waals surface area contributed by atoms with E-state index in [1.54, 1.807) is 19.1 Å². The number of rotatable bonds is 3. The molecule has 2 aromatic rings. The quantitative estimate of drug-likeness (QED) is 0.853. The van der Waals surface area contributed by atoms with E-state index in [4.69, 9.17) is 11.2 Å². The second kappa shape index (κ2) is 5.40. The van der Waals surface area contributed by atoms with Crippen LogP contribution in [-0.4, -0.2) is 5.11 Å². The van der Waals surface area contributed by atoms with Gasteiger partial charge in [-0.15, -0.1) is 6.42 Å². The molecule has 0 radical (unpaired) electrons. The van der Waals surface area contributed by atoms with Gasteiger partial charge in [0.2, 0.25) is 0 Å². The van der Waals surface area contributed by atoms with Crippen LogP contribution >= 0.6 is 0 Å². The van der Waals surface area contributed by atoms with Crippen LogP contribution in [0.25, 0.3) is 0 Å². The Bertz CT molecular complexity index is 663. The maximum absolute atomic E-state index is 10.1. The molecule has 0 saturated carbocycles. The van der Waals surface area contributed by atoms with Gasteiger partial charge in [0.25, 0.3) is 0 Å². The highest BCUT2D eigenvalue weighted by molar-refractivity contribution is 5.42. The van der Waals surface area contributed by atoms with E-state index in [1.807, 2.05) is 44.2 Å². The van der Waals surface area contributed by atoms with E-state index < -0.39 is 5.60 Å². The second-order valence-electron chi connectivity index (χ2n) is 5.12. The van der Waals surface area contributed by atoms with Crippen molar-refractivity contribution in [2.45, 2.75) is 26.4 Å². The molecule has 2 rings (SSSR count). The van der Waals surface area contributed by atoms with Gasteiger partial charge in [0.1, 0.15) is 17.1 Å². The average Bonchev–Trinajstić information content (AvgIpc) is 2.43. The van der Waals surface area contributed by atoms with Crippen molar-refractivity contribution in [1.82, 2.24) is 0 Å². The summed E-state index contributed by atoms with van der Waals surface area (Å²) in [6, 6.07) is 13.3. The van der Waals surface area contributed by atoms with Crippen molar-refractivity contribution < 1.29 is 9.84 Å². The third-order valence-corrected chi connectivity index (χ3v) is 3.25. The number of benzene rings is 2. The van der Waals surface area contributed by atoms with Crippen molar-refractivity contribution in [3.63, 3.8) is 0 Å². The SMILES string of the molecule is C#CC(C)(O)c1cccc(Oc2cc(C)ccc2C)c1. The molecule has 0 bridgehead atoms. The van der Waals surface area contributed by atoms with E-state index in [9.17, 15) is 5.11 Å². The molecule has 1 atom stereocenters. The van der Waals surface area contributed by atoms with E-state index >= 15 is 0 Å². The Morgan fingerprint density at radius 1 is 1.15 bits per heavy atom. The Kier molecular flexibility index (Phi) is 3.83. The molecule has 0 spiro atoms. The fourth-order valence-corrected chi connectivity index (χ4v) is 1.89. The molecule has 0 aliphatic heterocycles. The molecule has 0 aliphatic rings. The lowest BCUT2D eigenvalue weighted by atomic mass is 9.97. The van der Waals surface area contributed by atoms with Crippen LogP contribution in [-0.2, 0) is 5.60 Å². The monoisotopic (exact) mass is 266 g/mol. The molecule has 102 valence electrons. The molecule has 2 heteroatoms. The summed E-state index contributed by atoms with van der Waals surface area (Å²) < 4.78 is 5.89. The first kappa shape index (κ1) is 14.2. The maximum atomic E-state index is 10.1. The Balaban J connectivity index is 2.34. The Morgan fingerprint density at radius 3 is 2.60 bits per heavy atom. The first-order valence-corrected chi connectivity index (χ1v) is 6.48. The Morgan fingerprint density at radius 2 is 1.90 bits per heavy atom. The summed E-state index contributed by atoms with van der Waals surface area (Å²) in [6.45, 7) is 5.60. The van der Waals surface area contributed by atoms with Crippen LogP contribution < -0.4 is 4.74 Å². The first-order valence-electron chi connectivity index (χ1n) is 6.48. The standard InChI is InChI=1S/C18H18O2/c1-5-18(4,19)15-7-6-8-16(12-15)20-17-11-13(2)9-10-14(17)3/h1,6-12,19H,2-4H3. The van der Waals surface area contributed by atoms with E-state index in [1.165, 1.54) is 0 Å². The molecule has 0 amide bonds. The third kappa shape index (κ3) is 3.01. The summed E-state index contributed by atoms with van der Waals surface area (Å²) in [5, 5.41) is 10.1. The van der Waals surface area contributed by atoms with Gasteiger partial charge >= 0.3 is 0 Å². The van der Waals surface area contributed by atoms with Crippen LogP contribution in [0.1, 0.15) is 23.6 Å². The summed E-state index contributed by atoms with van der Waals surface area (Å²) in [6.07, 6.45) is 5.34. The second-order valence-corrected chi connectivity index (χ2v) is 5.12. The maximum Gasteiger partial charge on any atom is 0.148 e. The summed E-state index contributed by atoms with van der Waals surface area (Å²) in [5.74, 6) is 3.84. The van der Waals surface area contributed by atoms with Gasteiger partial charge < -0.3 is 9.84 Å². The zero-order chi connectivity index (χ0) is 14.8. The van der Waals surface area contributed by atoms with Crippen molar-refractivity contribution >= 4 is 0 Å². The summed E-state index contributed by atoms with van der Waals surface area (Å²) in [5.41, 5.74) is 1.55. The van der Waals surface area contributed by atoms with Crippen LogP contribution in [0.3, 0.4) is 0 Å². The van der Waals surface area contributed by atoms with Crippen LogP contribution in [0.5, 0.6) is 11.5 Å². The van der Waals surface area contributed by atoms with Crippen molar-refractivity contribution in [3.05, 3.63) is 59.2 Å². The van der Waals surface area contributed by atoms with E-state index in [-0.39, 0.29) is 0 Å². The predicted molar refractivity (Wildman–Crippen MR) is 80.8 cm³/mol. The van der Waals surface area contributed by atoms with Crippen LogP contribution in [0.4, 0.5) is 0 Å². The Labute approximate surface area is 120 Å². The van der Waals surface area contributed by atoms with Gasteiger partial charge in [-0.1, -0.05) is 30.2 Å². The lowest BCUT2D eigenvalue weighted by Gasteiger charge is -2.18. The van der Waals surface area contributed by atoms with Gasteiger partial charge in [-0.05, 0) is 55.7 Å². The summed E-state index contributed by atoms with van der Waals surface area (Å²) in [4.78, 5) is 0. The van der Waals surface area contributed by atoms with Crippen LogP contribution in [0.2, 0.25) is 0 Å². The van der Waals surface area contributed by atoms with Gasteiger partial charge in [-0.25, -0.2) is 0 Å². The van der Waals surface area contributed by atoms with E-state index in [0.29, 0.717) is 11.3 Å². The highest BCUT2D eigenvalue weighted by Crippen LogP contribution is 2.29. The van der Waals surface area contributed by atoms with Crippen LogP contribution in [0.15, 0.2) is 42.5 Å². The number of hydrogen-bond acceptors (Lipinski definition) is 2. The molecule has 0 aromatic heterocycles. The van der Waals surface area contributed by atoms with Crippen molar-refractivity contribution in [2.24, 2.45) is 0 Å². The molecule has 0 aliphatic carbocycles. The minimum atomic E-state index is -1.29. The van der Waals surface area contributed by atoms with Gasteiger partial charge in [-0.2, -0.15) is 0 Å². The molecular formula is C18H18O2. The molecule has 1 unspecified atom stereocenters. The number of ether oxygens (including phenoxy) is 1. The zero-order valence-corrected chi connectivity index (χ0v) is 12.0.